The van der Waals surface area contributed by atoms with Gasteiger partial charge in [0.15, 0.2) is 0 Å². The molecule has 1 aromatic heterocycles. The number of aryl methyl sites for hydroxylation is 1. The number of hydrogen-bond acceptors (Lipinski definition) is 3. The topological polar surface area (TPSA) is 51.5 Å². The minimum absolute atomic E-state index is 0.00414. The quantitative estimate of drug-likeness (QED) is 0.844. The lowest BCUT2D eigenvalue weighted by molar-refractivity contribution is -0.136. The Morgan fingerprint density at radius 1 is 1.20 bits per heavy atom. The average Bonchev–Trinajstić information content (AvgIpc) is 3.07. The number of piperidine rings is 1. The maximum absolute atomic E-state index is 12.8. The van der Waals surface area contributed by atoms with Crippen LogP contribution in [0.5, 0.6) is 0 Å². The number of para-hydroxylation sites is 1. The highest BCUT2D eigenvalue weighted by molar-refractivity contribution is 5.84. The van der Waals surface area contributed by atoms with Gasteiger partial charge in [0.1, 0.15) is 6.54 Å². The van der Waals surface area contributed by atoms with E-state index in [1.165, 1.54) is 0 Å². The molecule has 0 N–H and O–H groups in total. The highest BCUT2D eigenvalue weighted by atomic mass is 16.5. The molecular weight excluding hydrogens is 316 g/mol. The van der Waals surface area contributed by atoms with Crippen molar-refractivity contribution in [3.05, 3.63) is 46.2 Å². The van der Waals surface area contributed by atoms with Crippen molar-refractivity contribution in [1.82, 2.24) is 9.47 Å². The molecule has 2 saturated heterocycles. The highest BCUT2D eigenvalue weighted by Crippen LogP contribution is 2.35. The van der Waals surface area contributed by atoms with Gasteiger partial charge in [-0.05, 0) is 44.2 Å². The van der Waals surface area contributed by atoms with Crippen molar-refractivity contribution in [2.24, 2.45) is 0 Å². The molecule has 0 saturated carbocycles. The fraction of sp³-hybridized carbons (Fsp3) is 0.500. The Hall–Kier alpha value is -2.14. The minimum Gasteiger partial charge on any atom is -0.375 e. The predicted molar refractivity (Wildman–Crippen MR) is 96.7 cm³/mol. The number of carbonyl (C=O) groups is 1. The molecule has 3 heterocycles. The molecule has 4 rings (SSSR count). The van der Waals surface area contributed by atoms with E-state index in [4.69, 9.17) is 4.74 Å². The molecule has 5 nitrogen and oxygen atoms in total. The van der Waals surface area contributed by atoms with Crippen LogP contribution < -0.4 is 5.56 Å². The molecule has 0 aliphatic carbocycles. The number of rotatable bonds is 2. The summed E-state index contributed by atoms with van der Waals surface area (Å²) >= 11 is 0. The Labute approximate surface area is 147 Å². The fourth-order valence-corrected chi connectivity index (χ4v) is 4.21. The third-order valence-electron chi connectivity index (χ3n) is 5.73. The van der Waals surface area contributed by atoms with Crippen LogP contribution in [0.3, 0.4) is 0 Å². The number of fused-ring (bicyclic) bond motifs is 1. The largest absolute Gasteiger partial charge is 0.375 e. The van der Waals surface area contributed by atoms with Crippen molar-refractivity contribution < 1.29 is 9.53 Å². The lowest BCUT2D eigenvalue weighted by Crippen LogP contribution is -2.47. The van der Waals surface area contributed by atoms with Gasteiger partial charge in [-0.15, -0.1) is 0 Å². The van der Waals surface area contributed by atoms with E-state index >= 15 is 0 Å². The normalized spacial score (nSPS) is 19.6. The highest BCUT2D eigenvalue weighted by Gasteiger charge is 2.39. The van der Waals surface area contributed by atoms with E-state index in [1.54, 1.807) is 10.6 Å². The Bertz CT molecular complexity index is 855. The van der Waals surface area contributed by atoms with Crippen molar-refractivity contribution in [1.29, 1.82) is 0 Å². The van der Waals surface area contributed by atoms with Gasteiger partial charge in [0.25, 0.3) is 5.56 Å². The maximum atomic E-state index is 12.8. The molecule has 5 heteroatoms. The zero-order valence-corrected chi connectivity index (χ0v) is 14.7. The van der Waals surface area contributed by atoms with Crippen LogP contribution in [0.4, 0.5) is 0 Å². The second-order valence-electron chi connectivity index (χ2n) is 7.28. The minimum atomic E-state index is -0.114. The molecule has 2 fully saturated rings. The fourth-order valence-electron chi connectivity index (χ4n) is 4.21. The number of hydrogen-bond donors (Lipinski definition) is 0. The first-order valence-electron chi connectivity index (χ1n) is 9.09. The van der Waals surface area contributed by atoms with Gasteiger partial charge < -0.3 is 9.64 Å². The Morgan fingerprint density at radius 3 is 2.68 bits per heavy atom. The second kappa shape index (κ2) is 6.30. The van der Waals surface area contributed by atoms with E-state index in [1.807, 2.05) is 36.1 Å². The van der Waals surface area contributed by atoms with Crippen LogP contribution >= 0.6 is 0 Å². The first-order valence-corrected chi connectivity index (χ1v) is 9.09. The molecule has 2 aromatic rings. The number of carbonyl (C=O) groups excluding carboxylic acids is 1. The van der Waals surface area contributed by atoms with Gasteiger partial charge in [0.05, 0.1) is 11.1 Å². The Balaban J connectivity index is 1.54. The Kier molecular flexibility index (Phi) is 4.12. The zero-order chi connectivity index (χ0) is 17.4. The molecule has 2 aliphatic heterocycles. The summed E-state index contributed by atoms with van der Waals surface area (Å²) in [5.41, 5.74) is 1.66. The standard InChI is InChI=1S/C20H24N2O3/c1-15-13-18(23)22(17-6-3-2-5-16(15)17)14-19(24)21-10-8-20(9-11-21)7-4-12-25-20/h2-3,5-6,13H,4,7-12,14H2,1H3. The van der Waals surface area contributed by atoms with Crippen LogP contribution in [0.1, 0.15) is 31.2 Å². The van der Waals surface area contributed by atoms with E-state index in [0.717, 1.165) is 61.8 Å². The van der Waals surface area contributed by atoms with Crippen molar-refractivity contribution in [2.75, 3.05) is 19.7 Å². The summed E-state index contributed by atoms with van der Waals surface area (Å²) in [6.07, 6.45) is 4.04. The average molecular weight is 340 g/mol. The van der Waals surface area contributed by atoms with Crippen LogP contribution in [-0.4, -0.2) is 40.7 Å². The van der Waals surface area contributed by atoms with Gasteiger partial charge >= 0.3 is 0 Å². The molecule has 0 bridgehead atoms. The van der Waals surface area contributed by atoms with Crippen LogP contribution in [0, 0.1) is 6.92 Å². The summed E-state index contributed by atoms with van der Waals surface area (Å²) in [5, 5.41) is 1.02. The molecule has 2 aliphatic rings. The van der Waals surface area contributed by atoms with Crippen LogP contribution in [0.2, 0.25) is 0 Å². The van der Waals surface area contributed by atoms with Gasteiger partial charge in [-0.2, -0.15) is 0 Å². The molecule has 0 unspecified atom stereocenters. The SMILES string of the molecule is Cc1cc(=O)n(CC(=O)N2CCC3(CCCO3)CC2)c2ccccc12. The van der Waals surface area contributed by atoms with E-state index < -0.39 is 0 Å². The van der Waals surface area contributed by atoms with E-state index in [0.29, 0.717) is 0 Å². The summed E-state index contributed by atoms with van der Waals surface area (Å²) < 4.78 is 7.52. The molecule has 132 valence electrons. The van der Waals surface area contributed by atoms with Crippen molar-refractivity contribution in [2.45, 2.75) is 44.8 Å². The molecule has 0 radical (unpaired) electrons. The van der Waals surface area contributed by atoms with Crippen molar-refractivity contribution >= 4 is 16.8 Å². The summed E-state index contributed by atoms with van der Waals surface area (Å²) in [6.45, 7) is 4.32. The number of amides is 1. The van der Waals surface area contributed by atoms with E-state index in [2.05, 4.69) is 0 Å². The Morgan fingerprint density at radius 2 is 1.96 bits per heavy atom. The first kappa shape index (κ1) is 16.3. The van der Waals surface area contributed by atoms with Crippen molar-refractivity contribution in [3.8, 4) is 0 Å². The van der Waals surface area contributed by atoms with Crippen LogP contribution in [0.15, 0.2) is 35.1 Å². The second-order valence-corrected chi connectivity index (χ2v) is 7.28. The zero-order valence-electron chi connectivity index (χ0n) is 14.7. The summed E-state index contributed by atoms with van der Waals surface area (Å²) in [6, 6.07) is 9.39. The van der Waals surface area contributed by atoms with Crippen molar-refractivity contribution in [3.63, 3.8) is 0 Å². The molecule has 1 amide bonds. The van der Waals surface area contributed by atoms with Gasteiger partial charge in [0.2, 0.25) is 5.91 Å². The molecule has 1 spiro atoms. The van der Waals surface area contributed by atoms with Gasteiger partial charge in [-0.25, -0.2) is 0 Å². The predicted octanol–water partition coefficient (Wildman–Crippen LogP) is 2.48. The number of pyridine rings is 1. The van der Waals surface area contributed by atoms with Crippen LogP contribution in [0.25, 0.3) is 10.9 Å². The number of likely N-dealkylation sites (tertiary alicyclic amines) is 1. The molecular formula is C20H24N2O3. The number of nitrogens with zero attached hydrogens (tertiary/aromatic N) is 2. The number of benzene rings is 1. The lowest BCUT2D eigenvalue weighted by Gasteiger charge is -2.38. The van der Waals surface area contributed by atoms with E-state index in [9.17, 15) is 9.59 Å². The van der Waals surface area contributed by atoms with Crippen LogP contribution in [-0.2, 0) is 16.1 Å². The van der Waals surface area contributed by atoms with Gasteiger partial charge in [-0.1, -0.05) is 18.2 Å². The first-order chi connectivity index (χ1) is 12.1. The van der Waals surface area contributed by atoms with Gasteiger partial charge in [-0.3, -0.25) is 14.2 Å². The number of aromatic nitrogens is 1. The summed E-state index contributed by atoms with van der Waals surface area (Å²) in [7, 11) is 0. The lowest BCUT2D eigenvalue weighted by atomic mass is 9.88. The molecule has 0 atom stereocenters. The monoisotopic (exact) mass is 340 g/mol. The summed E-state index contributed by atoms with van der Waals surface area (Å²) in [4.78, 5) is 27.1. The third-order valence-corrected chi connectivity index (χ3v) is 5.73. The maximum Gasteiger partial charge on any atom is 0.251 e. The van der Waals surface area contributed by atoms with E-state index in [-0.39, 0.29) is 23.6 Å². The third kappa shape index (κ3) is 2.97. The molecule has 1 aromatic carbocycles. The smallest absolute Gasteiger partial charge is 0.251 e. The van der Waals surface area contributed by atoms with Gasteiger partial charge in [0, 0.05) is 31.1 Å². The number of ether oxygens (including phenoxy) is 1. The summed E-state index contributed by atoms with van der Waals surface area (Å²) in [5.74, 6) is 0.0175. The molecule has 25 heavy (non-hydrogen) atoms.